The third-order valence-corrected chi connectivity index (χ3v) is 1.34. The highest BCUT2D eigenvalue weighted by molar-refractivity contribution is 4.89. The summed E-state index contributed by atoms with van der Waals surface area (Å²) < 4.78 is 4.82. The van der Waals surface area contributed by atoms with E-state index in [-0.39, 0.29) is 0 Å². The molecule has 0 spiro atoms. The maximum atomic E-state index is 4.82. The molecule has 0 aromatic carbocycles. The molecule has 3 heteroatoms. The summed E-state index contributed by atoms with van der Waals surface area (Å²) in [4.78, 5) is 3.98. The molecule has 3 nitrogen and oxygen atoms in total. The van der Waals surface area contributed by atoms with Crippen LogP contribution in [0.25, 0.3) is 0 Å². The van der Waals surface area contributed by atoms with Gasteiger partial charge in [0.2, 0.25) is 0 Å². The van der Waals surface area contributed by atoms with Crippen LogP contribution < -0.4 is 5.32 Å². The van der Waals surface area contributed by atoms with Crippen molar-refractivity contribution in [1.82, 2.24) is 10.3 Å². The van der Waals surface area contributed by atoms with E-state index in [1.54, 1.807) is 6.26 Å². The average molecular weight is 154 g/mol. The fraction of sp³-hybridized carbons (Fsp3) is 0.625. The van der Waals surface area contributed by atoms with Crippen LogP contribution >= 0.6 is 0 Å². The Bertz CT molecular complexity index is 182. The Morgan fingerprint density at radius 2 is 2.45 bits per heavy atom. The minimum Gasteiger partial charge on any atom is -0.451 e. The molecule has 0 saturated carbocycles. The Morgan fingerprint density at radius 3 is 3.00 bits per heavy atom. The Labute approximate surface area is 66.8 Å². The van der Waals surface area contributed by atoms with Crippen LogP contribution in [0.5, 0.6) is 0 Å². The van der Waals surface area contributed by atoms with E-state index in [4.69, 9.17) is 4.42 Å². The van der Waals surface area contributed by atoms with Crippen molar-refractivity contribution in [2.24, 2.45) is 5.92 Å². The number of nitrogens with zero attached hydrogens (tertiary/aromatic N) is 1. The molecule has 1 rings (SSSR count). The van der Waals surface area contributed by atoms with E-state index in [9.17, 15) is 0 Å². The zero-order chi connectivity index (χ0) is 8.10. The van der Waals surface area contributed by atoms with Crippen molar-refractivity contribution in [2.75, 3.05) is 6.54 Å². The quantitative estimate of drug-likeness (QED) is 0.712. The molecule has 1 aromatic rings. The van der Waals surface area contributed by atoms with Crippen molar-refractivity contribution in [1.29, 1.82) is 0 Å². The van der Waals surface area contributed by atoms with Crippen LogP contribution in [0.3, 0.4) is 0 Å². The van der Waals surface area contributed by atoms with Crippen LogP contribution in [0.15, 0.2) is 17.1 Å². The summed E-state index contributed by atoms with van der Waals surface area (Å²) >= 11 is 0. The standard InChI is InChI=1S/C8H14N2O/c1-7(2)3-9-4-8-5-11-6-10-8/h5-7,9H,3-4H2,1-2H3. The van der Waals surface area contributed by atoms with Crippen molar-refractivity contribution in [3.8, 4) is 0 Å². The molecule has 0 bridgehead atoms. The topological polar surface area (TPSA) is 38.1 Å². The van der Waals surface area contributed by atoms with E-state index >= 15 is 0 Å². The SMILES string of the molecule is CC(C)CNCc1cocn1. The van der Waals surface area contributed by atoms with Gasteiger partial charge in [-0.3, -0.25) is 0 Å². The van der Waals surface area contributed by atoms with Crippen LogP contribution in [0.1, 0.15) is 19.5 Å². The number of rotatable bonds is 4. The monoisotopic (exact) mass is 154 g/mol. The smallest absolute Gasteiger partial charge is 0.180 e. The van der Waals surface area contributed by atoms with Gasteiger partial charge in [-0.05, 0) is 12.5 Å². The van der Waals surface area contributed by atoms with Crippen molar-refractivity contribution in [3.05, 3.63) is 18.4 Å². The molecule has 1 heterocycles. The lowest BCUT2D eigenvalue weighted by atomic mass is 10.2. The molecule has 11 heavy (non-hydrogen) atoms. The minimum atomic E-state index is 0.682. The summed E-state index contributed by atoms with van der Waals surface area (Å²) in [6, 6.07) is 0. The van der Waals surface area contributed by atoms with Gasteiger partial charge < -0.3 is 9.73 Å². The molecule has 0 radical (unpaired) electrons. The normalized spacial score (nSPS) is 10.8. The number of nitrogens with one attached hydrogen (secondary N) is 1. The summed E-state index contributed by atoms with van der Waals surface area (Å²) in [6.07, 6.45) is 3.11. The van der Waals surface area contributed by atoms with E-state index < -0.39 is 0 Å². The van der Waals surface area contributed by atoms with Crippen molar-refractivity contribution >= 4 is 0 Å². The highest BCUT2D eigenvalue weighted by Gasteiger charge is 1.95. The highest BCUT2D eigenvalue weighted by atomic mass is 16.3. The second kappa shape index (κ2) is 4.13. The first-order valence-corrected chi connectivity index (χ1v) is 3.87. The summed E-state index contributed by atoms with van der Waals surface area (Å²) in [5.41, 5.74) is 0.964. The minimum absolute atomic E-state index is 0.682. The van der Waals surface area contributed by atoms with Crippen LogP contribution in [0.4, 0.5) is 0 Å². The maximum Gasteiger partial charge on any atom is 0.180 e. The lowest BCUT2D eigenvalue weighted by Gasteiger charge is -2.03. The molecule has 1 aromatic heterocycles. The van der Waals surface area contributed by atoms with Gasteiger partial charge in [-0.1, -0.05) is 13.8 Å². The molecule has 0 saturated heterocycles. The largest absolute Gasteiger partial charge is 0.451 e. The molecule has 0 amide bonds. The van der Waals surface area contributed by atoms with Gasteiger partial charge in [0.05, 0.1) is 5.69 Å². The molecular formula is C8H14N2O. The van der Waals surface area contributed by atoms with Gasteiger partial charge in [0, 0.05) is 6.54 Å². The predicted molar refractivity (Wildman–Crippen MR) is 43.0 cm³/mol. The highest BCUT2D eigenvalue weighted by Crippen LogP contribution is 1.94. The molecule has 0 aliphatic rings. The molecular weight excluding hydrogens is 140 g/mol. The zero-order valence-electron chi connectivity index (χ0n) is 7.00. The maximum absolute atomic E-state index is 4.82. The van der Waals surface area contributed by atoms with E-state index in [1.165, 1.54) is 6.39 Å². The fourth-order valence-corrected chi connectivity index (χ4v) is 0.814. The van der Waals surface area contributed by atoms with E-state index in [2.05, 4.69) is 24.1 Å². The summed E-state index contributed by atoms with van der Waals surface area (Å²) in [7, 11) is 0. The third-order valence-electron chi connectivity index (χ3n) is 1.34. The Hall–Kier alpha value is -0.830. The van der Waals surface area contributed by atoms with E-state index in [0.717, 1.165) is 18.8 Å². The van der Waals surface area contributed by atoms with E-state index in [1.807, 2.05) is 0 Å². The van der Waals surface area contributed by atoms with Gasteiger partial charge in [-0.2, -0.15) is 0 Å². The van der Waals surface area contributed by atoms with Crippen molar-refractivity contribution < 1.29 is 4.42 Å². The molecule has 0 aliphatic heterocycles. The van der Waals surface area contributed by atoms with Gasteiger partial charge in [-0.25, -0.2) is 4.98 Å². The first-order chi connectivity index (χ1) is 5.29. The van der Waals surface area contributed by atoms with Crippen LogP contribution in [-0.4, -0.2) is 11.5 Å². The molecule has 0 aliphatic carbocycles. The number of aromatic nitrogens is 1. The number of hydrogen-bond acceptors (Lipinski definition) is 3. The second-order valence-corrected chi connectivity index (χ2v) is 3.00. The Balaban J connectivity index is 2.14. The first-order valence-electron chi connectivity index (χ1n) is 3.87. The van der Waals surface area contributed by atoms with Crippen molar-refractivity contribution in [2.45, 2.75) is 20.4 Å². The Morgan fingerprint density at radius 1 is 1.64 bits per heavy atom. The van der Waals surface area contributed by atoms with E-state index in [0.29, 0.717) is 5.92 Å². The number of oxazole rings is 1. The van der Waals surface area contributed by atoms with Crippen LogP contribution in [0.2, 0.25) is 0 Å². The second-order valence-electron chi connectivity index (χ2n) is 3.00. The zero-order valence-corrected chi connectivity index (χ0v) is 7.00. The third kappa shape index (κ3) is 3.18. The predicted octanol–water partition coefficient (Wildman–Crippen LogP) is 1.42. The van der Waals surface area contributed by atoms with Crippen LogP contribution in [-0.2, 0) is 6.54 Å². The van der Waals surface area contributed by atoms with Gasteiger partial charge in [-0.15, -0.1) is 0 Å². The lowest BCUT2D eigenvalue weighted by Crippen LogP contribution is -2.18. The van der Waals surface area contributed by atoms with Gasteiger partial charge in [0.1, 0.15) is 6.26 Å². The fourth-order valence-electron chi connectivity index (χ4n) is 0.814. The molecule has 0 unspecified atom stereocenters. The van der Waals surface area contributed by atoms with Gasteiger partial charge >= 0.3 is 0 Å². The van der Waals surface area contributed by atoms with Crippen LogP contribution in [0, 0.1) is 5.92 Å². The Kier molecular flexibility index (Phi) is 3.11. The summed E-state index contributed by atoms with van der Waals surface area (Å²) in [5, 5.41) is 3.26. The average Bonchev–Trinajstić information content (AvgIpc) is 2.39. The molecule has 0 fully saturated rings. The number of hydrogen-bond donors (Lipinski definition) is 1. The summed E-state index contributed by atoms with van der Waals surface area (Å²) in [6.45, 7) is 6.17. The van der Waals surface area contributed by atoms with Gasteiger partial charge in [0.15, 0.2) is 6.39 Å². The lowest BCUT2D eigenvalue weighted by molar-refractivity contribution is 0.539. The van der Waals surface area contributed by atoms with Gasteiger partial charge in [0.25, 0.3) is 0 Å². The molecule has 1 N–H and O–H groups in total. The molecule has 0 atom stereocenters. The first kappa shape index (κ1) is 8.27. The van der Waals surface area contributed by atoms with Crippen molar-refractivity contribution in [3.63, 3.8) is 0 Å². The summed E-state index contributed by atoms with van der Waals surface area (Å²) in [5.74, 6) is 0.682. The molecule has 62 valence electrons.